The smallest absolute Gasteiger partial charge is 0.199 e. The third-order valence-electron chi connectivity index (χ3n) is 2.72. The molecule has 1 aromatic rings. The van der Waals surface area contributed by atoms with Crippen molar-refractivity contribution >= 4 is 0 Å². The lowest BCUT2D eigenvalue weighted by Gasteiger charge is -2.15. The number of aromatic nitrogens is 1. The van der Waals surface area contributed by atoms with Gasteiger partial charge in [-0.05, 0) is 20.0 Å². The van der Waals surface area contributed by atoms with Crippen molar-refractivity contribution in [1.29, 1.82) is 0 Å². The van der Waals surface area contributed by atoms with Crippen molar-refractivity contribution in [3.63, 3.8) is 0 Å². The van der Waals surface area contributed by atoms with E-state index in [-0.39, 0.29) is 0 Å². The molecular weight excluding hydrogens is 174 g/mol. The van der Waals surface area contributed by atoms with Gasteiger partial charge in [0.05, 0.1) is 13.1 Å². The summed E-state index contributed by atoms with van der Waals surface area (Å²) in [5, 5.41) is 2.39. The summed E-state index contributed by atoms with van der Waals surface area (Å²) < 4.78 is 2.19. The summed E-state index contributed by atoms with van der Waals surface area (Å²) in [5.74, 6) is 0. The van der Waals surface area contributed by atoms with Crippen molar-refractivity contribution in [2.24, 2.45) is 0 Å². The van der Waals surface area contributed by atoms with Crippen LogP contribution in [0.4, 0.5) is 0 Å². The first-order valence-corrected chi connectivity index (χ1v) is 5.26. The number of nitrogens with zero attached hydrogens (tertiary/aromatic N) is 3. The van der Waals surface area contributed by atoms with E-state index >= 15 is 0 Å². The number of pyridine rings is 1. The lowest BCUT2D eigenvalue weighted by Crippen LogP contribution is -2.58. The Morgan fingerprint density at radius 3 is 2.50 bits per heavy atom. The van der Waals surface area contributed by atoms with Gasteiger partial charge in [0.25, 0.3) is 0 Å². The van der Waals surface area contributed by atoms with Crippen molar-refractivity contribution in [3.8, 4) is 0 Å². The van der Waals surface area contributed by atoms with Gasteiger partial charge in [-0.1, -0.05) is 10.7 Å². The predicted molar refractivity (Wildman–Crippen MR) is 56.7 cm³/mol. The van der Waals surface area contributed by atoms with E-state index in [4.69, 9.17) is 0 Å². The molecule has 76 valence electrons. The maximum Gasteiger partial charge on any atom is 0.199 e. The molecule has 1 aliphatic rings. The van der Waals surface area contributed by atoms with E-state index in [0.717, 1.165) is 19.6 Å². The van der Waals surface area contributed by atoms with Gasteiger partial charge < -0.3 is 4.90 Å². The Bertz CT molecular complexity index is 273. The molecule has 0 amide bonds. The Morgan fingerprint density at radius 1 is 0.929 bits per heavy atom. The van der Waals surface area contributed by atoms with Crippen LogP contribution in [0.2, 0.25) is 0 Å². The third kappa shape index (κ3) is 2.23. The molecule has 0 unspecified atom stereocenters. The fourth-order valence-electron chi connectivity index (χ4n) is 1.84. The summed E-state index contributed by atoms with van der Waals surface area (Å²) >= 11 is 0. The van der Waals surface area contributed by atoms with Gasteiger partial charge in [-0.15, -0.1) is 0 Å². The lowest BCUT2D eigenvalue weighted by atomic mass is 10.4. The largest absolute Gasteiger partial charge is 0.304 e. The van der Waals surface area contributed by atoms with Crippen LogP contribution >= 0.6 is 0 Å². The van der Waals surface area contributed by atoms with Crippen LogP contribution in [0.25, 0.3) is 0 Å². The molecule has 1 fully saturated rings. The first-order valence-electron chi connectivity index (χ1n) is 5.26. The highest BCUT2D eigenvalue weighted by molar-refractivity contribution is 4.86. The number of hydrogen-bond acceptors (Lipinski definition) is 2. The molecule has 2 heterocycles. The highest BCUT2D eigenvalue weighted by Gasteiger charge is 2.16. The standard InChI is InChI=1S/C11H18N3/c1-12-6-5-9-14(11-10-12)13-7-3-2-4-8-13/h2-4,7-8H,5-6,9-11H2,1H3/q+1. The zero-order chi connectivity index (χ0) is 9.80. The zero-order valence-corrected chi connectivity index (χ0v) is 8.76. The van der Waals surface area contributed by atoms with Gasteiger partial charge in [0.15, 0.2) is 12.4 Å². The Morgan fingerprint density at radius 2 is 1.71 bits per heavy atom. The summed E-state index contributed by atoms with van der Waals surface area (Å²) in [5.41, 5.74) is 0. The van der Waals surface area contributed by atoms with Gasteiger partial charge in [-0.2, -0.15) is 5.01 Å². The van der Waals surface area contributed by atoms with Crippen LogP contribution in [0.15, 0.2) is 30.6 Å². The summed E-state index contributed by atoms with van der Waals surface area (Å²) in [6.45, 7) is 4.63. The Hall–Kier alpha value is -1.09. The normalized spacial score (nSPS) is 19.4. The van der Waals surface area contributed by atoms with Crippen LogP contribution in [-0.2, 0) is 0 Å². The van der Waals surface area contributed by atoms with Crippen LogP contribution in [0.1, 0.15) is 6.42 Å². The summed E-state index contributed by atoms with van der Waals surface area (Å²) in [6, 6.07) is 6.21. The van der Waals surface area contributed by atoms with E-state index in [0.29, 0.717) is 0 Å². The topological polar surface area (TPSA) is 10.4 Å². The number of rotatable bonds is 1. The molecule has 3 nitrogen and oxygen atoms in total. The fourth-order valence-corrected chi connectivity index (χ4v) is 1.84. The summed E-state index contributed by atoms with van der Waals surface area (Å²) in [4.78, 5) is 2.39. The Kier molecular flexibility index (Phi) is 2.99. The quantitative estimate of drug-likeness (QED) is 0.590. The van der Waals surface area contributed by atoms with Gasteiger partial charge in [0.2, 0.25) is 0 Å². The maximum absolute atomic E-state index is 2.39. The molecule has 2 rings (SSSR count). The second-order valence-corrected chi connectivity index (χ2v) is 3.87. The summed E-state index contributed by atoms with van der Waals surface area (Å²) in [6.07, 6.45) is 5.48. The van der Waals surface area contributed by atoms with E-state index in [9.17, 15) is 0 Å². The SMILES string of the molecule is CN1CCCN([n+]2ccccc2)CC1. The summed E-state index contributed by atoms with van der Waals surface area (Å²) in [7, 11) is 2.19. The third-order valence-corrected chi connectivity index (χ3v) is 2.72. The molecule has 14 heavy (non-hydrogen) atoms. The van der Waals surface area contributed by atoms with E-state index < -0.39 is 0 Å². The fraction of sp³-hybridized carbons (Fsp3) is 0.545. The highest BCUT2D eigenvalue weighted by Crippen LogP contribution is 1.95. The average Bonchev–Trinajstić information content (AvgIpc) is 2.44. The molecule has 1 saturated heterocycles. The highest BCUT2D eigenvalue weighted by atomic mass is 15.5. The number of likely N-dealkylation sites (N-methyl/N-ethyl adjacent to an activating group) is 1. The Labute approximate surface area is 85.5 Å². The van der Waals surface area contributed by atoms with Crippen molar-refractivity contribution in [2.75, 3.05) is 38.2 Å². The monoisotopic (exact) mass is 192 g/mol. The predicted octanol–water partition coefficient (Wildman–Crippen LogP) is 0.248. The Balaban J connectivity index is 2.04. The van der Waals surface area contributed by atoms with Gasteiger partial charge in [-0.3, -0.25) is 0 Å². The molecule has 0 saturated carbocycles. The van der Waals surface area contributed by atoms with Crippen LogP contribution < -0.4 is 9.69 Å². The van der Waals surface area contributed by atoms with E-state index in [1.165, 1.54) is 13.0 Å². The van der Waals surface area contributed by atoms with Crippen LogP contribution in [-0.4, -0.2) is 38.1 Å². The number of hydrogen-bond donors (Lipinski definition) is 0. The molecule has 1 aliphatic heterocycles. The second kappa shape index (κ2) is 4.42. The molecular formula is C11H18N3+. The van der Waals surface area contributed by atoms with Gasteiger partial charge >= 0.3 is 0 Å². The molecule has 0 spiro atoms. The molecule has 0 bridgehead atoms. The van der Waals surface area contributed by atoms with Crippen LogP contribution in [0.3, 0.4) is 0 Å². The first kappa shape index (κ1) is 9.46. The minimum Gasteiger partial charge on any atom is -0.304 e. The van der Waals surface area contributed by atoms with Gasteiger partial charge in [0.1, 0.15) is 0 Å². The van der Waals surface area contributed by atoms with E-state index in [1.54, 1.807) is 0 Å². The molecule has 3 heteroatoms. The molecule has 0 N–H and O–H groups in total. The van der Waals surface area contributed by atoms with Crippen LogP contribution in [0, 0.1) is 0 Å². The minimum absolute atomic E-state index is 1.12. The lowest BCUT2D eigenvalue weighted by molar-refractivity contribution is -0.693. The molecule has 0 aliphatic carbocycles. The molecule has 1 aromatic heterocycles. The van der Waals surface area contributed by atoms with Crippen molar-refractivity contribution in [3.05, 3.63) is 30.6 Å². The van der Waals surface area contributed by atoms with Gasteiger partial charge in [-0.25, -0.2) is 0 Å². The maximum atomic E-state index is 2.39. The minimum atomic E-state index is 1.12. The molecule has 0 aromatic carbocycles. The van der Waals surface area contributed by atoms with Crippen molar-refractivity contribution in [2.45, 2.75) is 6.42 Å². The van der Waals surface area contributed by atoms with Crippen molar-refractivity contribution in [1.82, 2.24) is 4.90 Å². The average molecular weight is 192 g/mol. The second-order valence-electron chi connectivity index (χ2n) is 3.87. The van der Waals surface area contributed by atoms with Crippen molar-refractivity contribution < 1.29 is 4.68 Å². The first-order chi connectivity index (χ1) is 6.86. The van der Waals surface area contributed by atoms with E-state index in [2.05, 4.69) is 52.2 Å². The zero-order valence-electron chi connectivity index (χ0n) is 8.76. The molecule has 0 atom stereocenters. The van der Waals surface area contributed by atoms with Crippen LogP contribution in [0.5, 0.6) is 0 Å². The van der Waals surface area contributed by atoms with E-state index in [1.807, 2.05) is 0 Å². The molecule has 0 radical (unpaired) electrons. The van der Waals surface area contributed by atoms with Gasteiger partial charge in [0, 0.05) is 18.7 Å².